The molecule has 12 heavy (non-hydrogen) atoms. The molecule has 1 aliphatic rings. The molecule has 3 nitrogen and oxygen atoms in total. The molecular weight excluding hydrogens is 150 g/mol. The normalized spacial score (nSPS) is 24.6. The van der Waals surface area contributed by atoms with Gasteiger partial charge in [-0.2, -0.15) is 0 Å². The average Bonchev–Trinajstić information content (AvgIpc) is 2.36. The lowest BCUT2D eigenvalue weighted by Gasteiger charge is -2.20. The van der Waals surface area contributed by atoms with Crippen molar-refractivity contribution in [2.45, 2.75) is 38.6 Å². The van der Waals surface area contributed by atoms with Gasteiger partial charge in [0.05, 0.1) is 5.84 Å². The van der Waals surface area contributed by atoms with Crippen LogP contribution in [0.15, 0.2) is 0 Å². The van der Waals surface area contributed by atoms with Gasteiger partial charge in [0.2, 0.25) is 0 Å². The van der Waals surface area contributed by atoms with Gasteiger partial charge >= 0.3 is 0 Å². The highest BCUT2D eigenvalue weighted by molar-refractivity contribution is 5.76. The first-order chi connectivity index (χ1) is 5.70. The first-order valence-electron chi connectivity index (χ1n) is 4.77. The summed E-state index contributed by atoms with van der Waals surface area (Å²) in [7, 11) is 0. The zero-order valence-electron chi connectivity index (χ0n) is 7.84. The van der Waals surface area contributed by atoms with Gasteiger partial charge in [-0.05, 0) is 39.3 Å². The summed E-state index contributed by atoms with van der Waals surface area (Å²) in [5.74, 6) is 0.321. The van der Waals surface area contributed by atoms with Gasteiger partial charge in [0.25, 0.3) is 0 Å². The Morgan fingerprint density at radius 2 is 2.42 bits per heavy atom. The Bertz CT molecular complexity index is 156. The van der Waals surface area contributed by atoms with Crippen LogP contribution < -0.4 is 5.73 Å². The predicted octanol–water partition coefficient (Wildman–Crippen LogP) is 1.19. The fourth-order valence-corrected chi connectivity index (χ4v) is 1.80. The SMILES string of the molecule is CC1CCCN1CCCC(=N)N. The van der Waals surface area contributed by atoms with Gasteiger partial charge in [-0.1, -0.05) is 0 Å². The van der Waals surface area contributed by atoms with E-state index < -0.39 is 0 Å². The monoisotopic (exact) mass is 169 g/mol. The van der Waals surface area contributed by atoms with E-state index in [0.717, 1.165) is 25.4 Å². The number of rotatable bonds is 4. The van der Waals surface area contributed by atoms with E-state index in [-0.39, 0.29) is 0 Å². The molecule has 3 heteroatoms. The molecule has 0 aromatic rings. The fourth-order valence-electron chi connectivity index (χ4n) is 1.80. The molecule has 1 aliphatic heterocycles. The van der Waals surface area contributed by atoms with Crippen molar-refractivity contribution < 1.29 is 0 Å². The number of hydrogen-bond acceptors (Lipinski definition) is 2. The highest BCUT2D eigenvalue weighted by Crippen LogP contribution is 2.16. The van der Waals surface area contributed by atoms with E-state index in [9.17, 15) is 0 Å². The molecule has 1 saturated heterocycles. The molecule has 1 atom stereocenters. The van der Waals surface area contributed by atoms with E-state index in [1.807, 2.05) is 0 Å². The predicted molar refractivity (Wildman–Crippen MR) is 51.4 cm³/mol. The van der Waals surface area contributed by atoms with Gasteiger partial charge in [-0.25, -0.2) is 0 Å². The largest absolute Gasteiger partial charge is 0.388 e. The maximum absolute atomic E-state index is 7.08. The van der Waals surface area contributed by atoms with Crippen LogP contribution in [-0.4, -0.2) is 29.9 Å². The topological polar surface area (TPSA) is 53.1 Å². The van der Waals surface area contributed by atoms with E-state index in [4.69, 9.17) is 11.1 Å². The summed E-state index contributed by atoms with van der Waals surface area (Å²) in [5.41, 5.74) is 5.28. The van der Waals surface area contributed by atoms with Gasteiger partial charge in [0, 0.05) is 12.5 Å². The summed E-state index contributed by atoms with van der Waals surface area (Å²) in [6.07, 6.45) is 4.46. The minimum absolute atomic E-state index is 0.321. The second-order valence-electron chi connectivity index (χ2n) is 3.66. The molecular formula is C9H19N3. The zero-order valence-corrected chi connectivity index (χ0v) is 7.84. The third kappa shape index (κ3) is 2.81. The molecule has 70 valence electrons. The number of nitrogens with zero attached hydrogens (tertiary/aromatic N) is 1. The summed E-state index contributed by atoms with van der Waals surface area (Å²) >= 11 is 0. The van der Waals surface area contributed by atoms with Gasteiger partial charge in [0.1, 0.15) is 0 Å². The van der Waals surface area contributed by atoms with E-state index in [2.05, 4.69) is 11.8 Å². The van der Waals surface area contributed by atoms with Gasteiger partial charge in [0.15, 0.2) is 0 Å². The minimum Gasteiger partial charge on any atom is -0.388 e. The molecule has 0 bridgehead atoms. The maximum atomic E-state index is 7.08. The molecule has 0 spiro atoms. The van der Waals surface area contributed by atoms with Crippen LogP contribution in [-0.2, 0) is 0 Å². The van der Waals surface area contributed by atoms with Crippen molar-refractivity contribution in [3.05, 3.63) is 0 Å². The molecule has 0 saturated carbocycles. The molecule has 1 rings (SSSR count). The minimum atomic E-state index is 0.321. The molecule has 0 aromatic heterocycles. The highest BCUT2D eigenvalue weighted by Gasteiger charge is 2.18. The van der Waals surface area contributed by atoms with Crippen LogP contribution in [0.1, 0.15) is 32.6 Å². The Hall–Kier alpha value is -0.570. The van der Waals surface area contributed by atoms with Crippen molar-refractivity contribution in [3.63, 3.8) is 0 Å². The third-order valence-corrected chi connectivity index (χ3v) is 2.58. The molecule has 1 fully saturated rings. The van der Waals surface area contributed by atoms with Crippen LogP contribution in [0.5, 0.6) is 0 Å². The van der Waals surface area contributed by atoms with Crippen LogP contribution >= 0.6 is 0 Å². The maximum Gasteiger partial charge on any atom is 0.0905 e. The summed E-state index contributed by atoms with van der Waals surface area (Å²) in [5, 5.41) is 7.08. The Kier molecular flexibility index (Phi) is 3.53. The highest BCUT2D eigenvalue weighted by atomic mass is 15.2. The van der Waals surface area contributed by atoms with Crippen LogP contribution in [0.25, 0.3) is 0 Å². The van der Waals surface area contributed by atoms with Crippen molar-refractivity contribution in [2.75, 3.05) is 13.1 Å². The number of amidine groups is 1. The third-order valence-electron chi connectivity index (χ3n) is 2.58. The lowest BCUT2D eigenvalue weighted by molar-refractivity contribution is 0.267. The summed E-state index contributed by atoms with van der Waals surface area (Å²) in [6, 6.07) is 0.747. The first-order valence-corrected chi connectivity index (χ1v) is 4.77. The van der Waals surface area contributed by atoms with E-state index >= 15 is 0 Å². The van der Waals surface area contributed by atoms with Gasteiger partial charge in [-0.3, -0.25) is 5.41 Å². The first kappa shape index (κ1) is 9.52. The van der Waals surface area contributed by atoms with Crippen LogP contribution in [0, 0.1) is 5.41 Å². The number of hydrogen-bond donors (Lipinski definition) is 2. The second kappa shape index (κ2) is 4.45. The molecule has 3 N–H and O–H groups in total. The van der Waals surface area contributed by atoms with Gasteiger partial charge < -0.3 is 10.6 Å². The molecule has 0 aliphatic carbocycles. The van der Waals surface area contributed by atoms with Crippen molar-refractivity contribution in [2.24, 2.45) is 5.73 Å². The smallest absolute Gasteiger partial charge is 0.0905 e. The van der Waals surface area contributed by atoms with Crippen LogP contribution in [0.3, 0.4) is 0 Å². The van der Waals surface area contributed by atoms with E-state index in [0.29, 0.717) is 5.84 Å². The summed E-state index contributed by atoms with van der Waals surface area (Å²) < 4.78 is 0. The molecule has 1 heterocycles. The van der Waals surface area contributed by atoms with E-state index in [1.54, 1.807) is 0 Å². The molecule has 0 aromatic carbocycles. The fraction of sp³-hybridized carbons (Fsp3) is 0.889. The van der Waals surface area contributed by atoms with Crippen molar-refractivity contribution in [1.82, 2.24) is 4.90 Å². The van der Waals surface area contributed by atoms with Crippen molar-refractivity contribution in [1.29, 1.82) is 5.41 Å². The van der Waals surface area contributed by atoms with Crippen LogP contribution in [0.4, 0.5) is 0 Å². The number of nitrogens with two attached hydrogens (primary N) is 1. The summed E-state index contributed by atoms with van der Waals surface area (Å²) in [4.78, 5) is 2.49. The average molecular weight is 169 g/mol. The number of nitrogens with one attached hydrogen (secondary N) is 1. The Labute approximate surface area is 74.4 Å². The Morgan fingerprint density at radius 1 is 1.67 bits per heavy atom. The van der Waals surface area contributed by atoms with Gasteiger partial charge in [-0.15, -0.1) is 0 Å². The zero-order chi connectivity index (χ0) is 8.97. The van der Waals surface area contributed by atoms with E-state index in [1.165, 1.54) is 19.4 Å². The van der Waals surface area contributed by atoms with Crippen LogP contribution in [0.2, 0.25) is 0 Å². The standard InChI is InChI=1S/C9H19N3/c1-8-4-2-6-12(8)7-3-5-9(10)11/h8H,2-7H2,1H3,(H3,10,11). The molecule has 0 radical (unpaired) electrons. The summed E-state index contributed by atoms with van der Waals surface area (Å²) in [6.45, 7) is 4.63. The lowest BCUT2D eigenvalue weighted by Crippen LogP contribution is -2.28. The molecule has 1 unspecified atom stereocenters. The second-order valence-corrected chi connectivity index (χ2v) is 3.66. The molecule has 0 amide bonds. The lowest BCUT2D eigenvalue weighted by atomic mass is 10.2. The van der Waals surface area contributed by atoms with Crippen molar-refractivity contribution in [3.8, 4) is 0 Å². The number of likely N-dealkylation sites (tertiary alicyclic amines) is 1. The van der Waals surface area contributed by atoms with Crippen molar-refractivity contribution >= 4 is 5.84 Å². The Morgan fingerprint density at radius 3 is 2.92 bits per heavy atom. The quantitative estimate of drug-likeness (QED) is 0.490. The Balaban J connectivity index is 2.10.